The molecule has 1 amide bonds. The lowest BCUT2D eigenvalue weighted by Crippen LogP contribution is -2.44. The summed E-state index contributed by atoms with van der Waals surface area (Å²) in [5, 5.41) is 3.21. The van der Waals surface area contributed by atoms with Crippen LogP contribution in [0.5, 0.6) is 0 Å². The number of hydrogen-bond acceptors (Lipinski definition) is 3. The fourth-order valence-corrected chi connectivity index (χ4v) is 3.20. The highest BCUT2D eigenvalue weighted by atomic mass is 16.1. The van der Waals surface area contributed by atoms with Gasteiger partial charge in [-0.15, -0.1) is 0 Å². The molecule has 0 aromatic heterocycles. The number of rotatable bonds is 7. The van der Waals surface area contributed by atoms with Gasteiger partial charge in [0, 0.05) is 25.0 Å². The second-order valence-corrected chi connectivity index (χ2v) is 7.07. The molecule has 0 aromatic carbocycles. The number of likely N-dealkylation sites (N-methyl/N-ethyl adjacent to an activating group) is 1. The van der Waals surface area contributed by atoms with Gasteiger partial charge in [0.05, 0.1) is 0 Å². The first-order chi connectivity index (χ1) is 9.38. The lowest BCUT2D eigenvalue weighted by Gasteiger charge is -2.29. The Morgan fingerprint density at radius 1 is 1.30 bits per heavy atom. The van der Waals surface area contributed by atoms with Crippen LogP contribution in [0.15, 0.2) is 0 Å². The van der Waals surface area contributed by atoms with Gasteiger partial charge in [0.25, 0.3) is 0 Å². The summed E-state index contributed by atoms with van der Waals surface area (Å²) in [6, 6.07) is 0.462. The Bertz CT molecular complexity index is 281. The first kappa shape index (κ1) is 17.4. The van der Waals surface area contributed by atoms with E-state index in [2.05, 4.69) is 38.2 Å². The van der Waals surface area contributed by atoms with E-state index in [0.717, 1.165) is 25.8 Å². The van der Waals surface area contributed by atoms with Crippen molar-refractivity contribution in [1.29, 1.82) is 0 Å². The number of carbonyl (C=O) groups is 1. The predicted octanol–water partition coefficient (Wildman–Crippen LogP) is 1.99. The third-order valence-corrected chi connectivity index (χ3v) is 4.12. The smallest absolute Gasteiger partial charge is 0.220 e. The molecule has 1 saturated carbocycles. The minimum atomic E-state index is 0.180. The van der Waals surface area contributed by atoms with Crippen molar-refractivity contribution in [3.63, 3.8) is 0 Å². The van der Waals surface area contributed by atoms with E-state index >= 15 is 0 Å². The summed E-state index contributed by atoms with van der Waals surface area (Å²) in [4.78, 5) is 14.4. The Balaban J connectivity index is 2.43. The van der Waals surface area contributed by atoms with Crippen molar-refractivity contribution < 1.29 is 4.79 Å². The summed E-state index contributed by atoms with van der Waals surface area (Å²) in [6.07, 6.45) is 6.25. The largest absolute Gasteiger partial charge is 0.352 e. The van der Waals surface area contributed by atoms with Gasteiger partial charge in [-0.05, 0) is 45.2 Å². The molecular weight excluding hydrogens is 250 g/mol. The highest BCUT2D eigenvalue weighted by Crippen LogP contribution is 2.25. The van der Waals surface area contributed by atoms with Gasteiger partial charge in [-0.3, -0.25) is 4.79 Å². The summed E-state index contributed by atoms with van der Waals surface area (Å²) < 4.78 is 0. The summed E-state index contributed by atoms with van der Waals surface area (Å²) in [7, 11) is 4.10. The van der Waals surface area contributed by atoms with Crippen molar-refractivity contribution in [3.05, 3.63) is 0 Å². The lowest BCUT2D eigenvalue weighted by molar-refractivity contribution is -0.123. The summed E-state index contributed by atoms with van der Waals surface area (Å²) in [6.45, 7) is 5.30. The van der Waals surface area contributed by atoms with Crippen molar-refractivity contribution in [1.82, 2.24) is 10.2 Å². The monoisotopic (exact) mass is 283 g/mol. The number of amides is 1. The van der Waals surface area contributed by atoms with E-state index in [1.807, 2.05) is 0 Å². The molecule has 0 aliphatic heterocycles. The van der Waals surface area contributed by atoms with Gasteiger partial charge in [0.2, 0.25) is 5.91 Å². The molecule has 0 radical (unpaired) electrons. The standard InChI is InChI=1S/C16H33N3O/c1-12(2)9-14(11-19(3)4)18-16(20)10-13-7-5-6-8-15(13)17/h12-15H,5-11,17H2,1-4H3,(H,18,20). The van der Waals surface area contributed by atoms with Gasteiger partial charge in [-0.2, -0.15) is 0 Å². The van der Waals surface area contributed by atoms with E-state index < -0.39 is 0 Å². The van der Waals surface area contributed by atoms with Crippen LogP contribution in [0, 0.1) is 11.8 Å². The number of nitrogens with one attached hydrogen (secondary N) is 1. The van der Waals surface area contributed by atoms with Crippen LogP contribution in [0.1, 0.15) is 52.4 Å². The number of nitrogens with zero attached hydrogens (tertiary/aromatic N) is 1. The fourth-order valence-electron chi connectivity index (χ4n) is 3.20. The molecule has 0 spiro atoms. The predicted molar refractivity (Wildman–Crippen MR) is 84.5 cm³/mol. The molecule has 0 bridgehead atoms. The zero-order chi connectivity index (χ0) is 15.1. The second-order valence-electron chi connectivity index (χ2n) is 7.07. The van der Waals surface area contributed by atoms with Crippen LogP contribution in [0.2, 0.25) is 0 Å². The Labute approximate surface area is 124 Å². The van der Waals surface area contributed by atoms with E-state index in [1.54, 1.807) is 0 Å². The number of nitrogens with two attached hydrogens (primary N) is 1. The maximum atomic E-state index is 12.2. The topological polar surface area (TPSA) is 58.4 Å². The average molecular weight is 283 g/mol. The van der Waals surface area contributed by atoms with Crippen molar-refractivity contribution in [2.75, 3.05) is 20.6 Å². The molecule has 0 heterocycles. The van der Waals surface area contributed by atoms with Crippen LogP contribution in [0.25, 0.3) is 0 Å². The maximum Gasteiger partial charge on any atom is 0.220 e. The Morgan fingerprint density at radius 2 is 1.95 bits per heavy atom. The van der Waals surface area contributed by atoms with E-state index in [9.17, 15) is 4.79 Å². The van der Waals surface area contributed by atoms with Gasteiger partial charge in [0.1, 0.15) is 0 Å². The third-order valence-electron chi connectivity index (χ3n) is 4.12. The Kier molecular flexibility index (Phi) is 7.52. The van der Waals surface area contributed by atoms with Crippen LogP contribution in [-0.4, -0.2) is 43.5 Å². The van der Waals surface area contributed by atoms with Crippen LogP contribution in [-0.2, 0) is 4.79 Å². The van der Waals surface area contributed by atoms with Crippen molar-refractivity contribution in [2.24, 2.45) is 17.6 Å². The normalized spacial score (nSPS) is 24.9. The highest BCUT2D eigenvalue weighted by Gasteiger charge is 2.25. The van der Waals surface area contributed by atoms with E-state index in [0.29, 0.717) is 18.3 Å². The van der Waals surface area contributed by atoms with Crippen LogP contribution >= 0.6 is 0 Å². The molecule has 118 valence electrons. The van der Waals surface area contributed by atoms with Crippen molar-refractivity contribution in [2.45, 2.75) is 64.5 Å². The van der Waals surface area contributed by atoms with Crippen LogP contribution in [0.3, 0.4) is 0 Å². The minimum Gasteiger partial charge on any atom is -0.352 e. The van der Waals surface area contributed by atoms with Crippen molar-refractivity contribution >= 4 is 5.91 Å². The number of hydrogen-bond donors (Lipinski definition) is 2. The minimum absolute atomic E-state index is 0.180. The zero-order valence-corrected chi connectivity index (χ0v) is 13.7. The van der Waals surface area contributed by atoms with Crippen molar-refractivity contribution in [3.8, 4) is 0 Å². The van der Waals surface area contributed by atoms with Gasteiger partial charge in [0.15, 0.2) is 0 Å². The molecular formula is C16H33N3O. The molecule has 1 aliphatic carbocycles. The lowest BCUT2D eigenvalue weighted by atomic mass is 9.83. The zero-order valence-electron chi connectivity index (χ0n) is 13.7. The Hall–Kier alpha value is -0.610. The van der Waals surface area contributed by atoms with E-state index in [-0.39, 0.29) is 18.0 Å². The molecule has 4 nitrogen and oxygen atoms in total. The van der Waals surface area contributed by atoms with Gasteiger partial charge < -0.3 is 16.0 Å². The summed E-state index contributed by atoms with van der Waals surface area (Å²) in [5.74, 6) is 1.15. The molecule has 3 unspecified atom stereocenters. The van der Waals surface area contributed by atoms with Crippen LogP contribution < -0.4 is 11.1 Å². The third kappa shape index (κ3) is 6.71. The molecule has 3 atom stereocenters. The molecule has 1 fully saturated rings. The van der Waals surface area contributed by atoms with Gasteiger partial charge >= 0.3 is 0 Å². The first-order valence-electron chi connectivity index (χ1n) is 8.08. The average Bonchev–Trinajstić information content (AvgIpc) is 2.30. The summed E-state index contributed by atoms with van der Waals surface area (Å²) in [5.41, 5.74) is 6.13. The van der Waals surface area contributed by atoms with Gasteiger partial charge in [-0.25, -0.2) is 0 Å². The highest BCUT2D eigenvalue weighted by molar-refractivity contribution is 5.76. The maximum absolute atomic E-state index is 12.2. The summed E-state index contributed by atoms with van der Waals surface area (Å²) >= 11 is 0. The molecule has 20 heavy (non-hydrogen) atoms. The quantitative estimate of drug-likeness (QED) is 0.751. The number of carbonyl (C=O) groups excluding carboxylic acids is 1. The van der Waals surface area contributed by atoms with Gasteiger partial charge in [-0.1, -0.05) is 26.7 Å². The second kappa shape index (κ2) is 8.63. The molecule has 0 aromatic rings. The van der Waals surface area contributed by atoms with Crippen LogP contribution in [0.4, 0.5) is 0 Å². The first-order valence-corrected chi connectivity index (χ1v) is 8.08. The molecule has 3 N–H and O–H groups in total. The molecule has 1 rings (SSSR count). The van der Waals surface area contributed by atoms with E-state index in [4.69, 9.17) is 5.73 Å². The molecule has 0 saturated heterocycles. The Morgan fingerprint density at radius 3 is 2.50 bits per heavy atom. The molecule has 4 heteroatoms. The van der Waals surface area contributed by atoms with E-state index in [1.165, 1.54) is 12.8 Å². The SMILES string of the molecule is CC(C)CC(CN(C)C)NC(=O)CC1CCCCC1N. The molecule has 1 aliphatic rings. The fraction of sp³-hybridized carbons (Fsp3) is 0.938.